The van der Waals surface area contributed by atoms with E-state index in [2.05, 4.69) is 36.1 Å². The van der Waals surface area contributed by atoms with Gasteiger partial charge in [-0.3, -0.25) is 10.1 Å². The Labute approximate surface area is 197 Å². The number of anilines is 1. The van der Waals surface area contributed by atoms with Gasteiger partial charge < -0.3 is 10.0 Å². The lowest BCUT2D eigenvalue weighted by atomic mass is 10.1. The SMILES string of the molecule is CCCCCCN(CCCCCCO)c1ccc(C=Cc2ccc([N+](=O)[O-])c(C#N)c2)cc1. The molecule has 0 radical (unpaired) electrons. The highest BCUT2D eigenvalue weighted by Gasteiger charge is 2.12. The highest BCUT2D eigenvalue weighted by atomic mass is 16.6. The van der Waals surface area contributed by atoms with Gasteiger partial charge in [-0.2, -0.15) is 5.26 Å². The largest absolute Gasteiger partial charge is 0.396 e. The van der Waals surface area contributed by atoms with Crippen LogP contribution in [-0.2, 0) is 0 Å². The fourth-order valence-electron chi connectivity index (χ4n) is 3.76. The molecule has 176 valence electrons. The molecule has 2 rings (SSSR count). The topological polar surface area (TPSA) is 90.4 Å². The van der Waals surface area contributed by atoms with Gasteiger partial charge in [-0.15, -0.1) is 0 Å². The molecular formula is C27H35N3O3. The minimum absolute atomic E-state index is 0.0650. The molecule has 2 aromatic rings. The molecule has 0 aliphatic heterocycles. The quantitative estimate of drug-likeness (QED) is 0.144. The van der Waals surface area contributed by atoms with E-state index in [0.717, 1.165) is 49.9 Å². The highest BCUT2D eigenvalue weighted by molar-refractivity contribution is 5.72. The molecule has 1 N–H and O–H groups in total. The molecule has 0 atom stereocenters. The van der Waals surface area contributed by atoms with Crippen LogP contribution in [0, 0.1) is 21.4 Å². The van der Waals surface area contributed by atoms with Crippen LogP contribution in [0.15, 0.2) is 42.5 Å². The van der Waals surface area contributed by atoms with Gasteiger partial charge in [0.15, 0.2) is 0 Å². The predicted molar refractivity (Wildman–Crippen MR) is 135 cm³/mol. The normalized spacial score (nSPS) is 10.9. The number of nitriles is 1. The Morgan fingerprint density at radius 3 is 2.15 bits per heavy atom. The number of hydrogen-bond acceptors (Lipinski definition) is 5. The molecule has 0 heterocycles. The van der Waals surface area contributed by atoms with E-state index in [0.29, 0.717) is 0 Å². The first kappa shape index (κ1) is 26.1. The zero-order valence-corrected chi connectivity index (χ0v) is 19.6. The van der Waals surface area contributed by atoms with Crippen molar-refractivity contribution in [1.29, 1.82) is 5.26 Å². The Balaban J connectivity index is 2.04. The van der Waals surface area contributed by atoms with Crippen LogP contribution in [-0.4, -0.2) is 29.7 Å². The summed E-state index contributed by atoms with van der Waals surface area (Å²) in [4.78, 5) is 12.9. The van der Waals surface area contributed by atoms with Crippen molar-refractivity contribution in [2.45, 2.75) is 58.3 Å². The molecule has 2 aromatic carbocycles. The number of unbranched alkanes of at least 4 members (excludes halogenated alkanes) is 6. The molecule has 6 nitrogen and oxygen atoms in total. The van der Waals surface area contributed by atoms with Crippen LogP contribution in [0.3, 0.4) is 0 Å². The van der Waals surface area contributed by atoms with Crippen molar-refractivity contribution in [2.24, 2.45) is 0 Å². The maximum atomic E-state index is 11.0. The fourth-order valence-corrected chi connectivity index (χ4v) is 3.76. The van der Waals surface area contributed by atoms with Gasteiger partial charge in [0.05, 0.1) is 4.92 Å². The van der Waals surface area contributed by atoms with E-state index in [1.165, 1.54) is 43.5 Å². The van der Waals surface area contributed by atoms with Gasteiger partial charge in [-0.1, -0.05) is 63.3 Å². The average Bonchev–Trinajstić information content (AvgIpc) is 2.84. The molecule has 0 aliphatic rings. The van der Waals surface area contributed by atoms with E-state index in [1.54, 1.807) is 6.07 Å². The summed E-state index contributed by atoms with van der Waals surface area (Å²) in [7, 11) is 0. The number of aliphatic hydroxyl groups excluding tert-OH is 1. The van der Waals surface area contributed by atoms with Crippen LogP contribution in [0.2, 0.25) is 0 Å². The molecule has 0 aliphatic carbocycles. The second-order valence-corrected chi connectivity index (χ2v) is 8.26. The number of aliphatic hydroxyl groups is 1. The van der Waals surface area contributed by atoms with Crippen LogP contribution in [0.5, 0.6) is 0 Å². The first-order valence-electron chi connectivity index (χ1n) is 11.9. The molecule has 33 heavy (non-hydrogen) atoms. The van der Waals surface area contributed by atoms with Gasteiger partial charge in [-0.25, -0.2) is 0 Å². The maximum Gasteiger partial charge on any atom is 0.287 e. The third kappa shape index (κ3) is 9.07. The Morgan fingerprint density at radius 1 is 0.939 bits per heavy atom. The summed E-state index contributed by atoms with van der Waals surface area (Å²) in [5.41, 5.74) is 2.89. The zero-order chi connectivity index (χ0) is 23.9. The molecule has 6 heteroatoms. The van der Waals surface area contributed by atoms with Crippen molar-refractivity contribution in [2.75, 3.05) is 24.6 Å². The van der Waals surface area contributed by atoms with Gasteiger partial charge in [0.25, 0.3) is 5.69 Å². The lowest BCUT2D eigenvalue weighted by Crippen LogP contribution is -2.25. The number of rotatable bonds is 15. The molecule has 0 aromatic heterocycles. The minimum Gasteiger partial charge on any atom is -0.396 e. The van der Waals surface area contributed by atoms with Crippen molar-refractivity contribution < 1.29 is 10.0 Å². The van der Waals surface area contributed by atoms with Gasteiger partial charge in [0, 0.05) is 31.5 Å². The number of nitro benzene ring substituents is 1. The Hall–Kier alpha value is -3.17. The molecule has 0 unspecified atom stereocenters. The number of nitro groups is 1. The van der Waals surface area contributed by atoms with Crippen LogP contribution < -0.4 is 4.90 Å². The van der Waals surface area contributed by atoms with Gasteiger partial charge in [0.2, 0.25) is 0 Å². The van der Waals surface area contributed by atoms with Crippen molar-refractivity contribution in [3.63, 3.8) is 0 Å². The summed E-state index contributed by atoms with van der Waals surface area (Å²) in [6.07, 6.45) is 12.9. The lowest BCUT2D eigenvalue weighted by Gasteiger charge is -2.25. The highest BCUT2D eigenvalue weighted by Crippen LogP contribution is 2.22. The zero-order valence-electron chi connectivity index (χ0n) is 19.6. The predicted octanol–water partition coefficient (Wildman–Crippen LogP) is 6.58. The Morgan fingerprint density at radius 2 is 1.55 bits per heavy atom. The van der Waals surface area contributed by atoms with E-state index in [-0.39, 0.29) is 17.9 Å². The first-order valence-corrected chi connectivity index (χ1v) is 11.9. The van der Waals surface area contributed by atoms with Crippen LogP contribution >= 0.6 is 0 Å². The molecule has 0 amide bonds. The van der Waals surface area contributed by atoms with E-state index >= 15 is 0 Å². The van der Waals surface area contributed by atoms with E-state index in [4.69, 9.17) is 10.4 Å². The summed E-state index contributed by atoms with van der Waals surface area (Å²) in [6, 6.07) is 14.9. The van der Waals surface area contributed by atoms with E-state index < -0.39 is 4.92 Å². The van der Waals surface area contributed by atoms with Crippen molar-refractivity contribution in [1.82, 2.24) is 0 Å². The monoisotopic (exact) mass is 449 g/mol. The van der Waals surface area contributed by atoms with Crippen LogP contribution in [0.25, 0.3) is 12.2 Å². The third-order valence-corrected chi connectivity index (χ3v) is 5.68. The van der Waals surface area contributed by atoms with Gasteiger partial charge >= 0.3 is 0 Å². The van der Waals surface area contributed by atoms with Crippen molar-refractivity contribution >= 4 is 23.5 Å². The molecule has 0 fully saturated rings. The molecule has 0 bridgehead atoms. The minimum atomic E-state index is -0.536. The van der Waals surface area contributed by atoms with Crippen LogP contribution in [0.1, 0.15) is 75.0 Å². The third-order valence-electron chi connectivity index (χ3n) is 5.68. The Kier molecular flexibility index (Phi) is 11.7. The number of nitrogens with zero attached hydrogens (tertiary/aromatic N) is 3. The molecule has 0 spiro atoms. The molecular weight excluding hydrogens is 414 g/mol. The summed E-state index contributed by atoms with van der Waals surface area (Å²) in [5, 5.41) is 29.1. The van der Waals surface area contributed by atoms with Gasteiger partial charge in [0.1, 0.15) is 11.6 Å². The first-order chi connectivity index (χ1) is 16.1. The summed E-state index contributed by atoms with van der Waals surface area (Å²) in [5.74, 6) is 0. The molecule has 0 saturated carbocycles. The van der Waals surface area contributed by atoms with E-state index in [1.807, 2.05) is 18.2 Å². The maximum absolute atomic E-state index is 11.0. The summed E-state index contributed by atoms with van der Waals surface area (Å²) in [6.45, 7) is 4.57. The summed E-state index contributed by atoms with van der Waals surface area (Å²) >= 11 is 0. The van der Waals surface area contributed by atoms with Gasteiger partial charge in [-0.05, 0) is 54.7 Å². The summed E-state index contributed by atoms with van der Waals surface area (Å²) < 4.78 is 0. The number of benzene rings is 2. The standard InChI is InChI=1S/C27H35N3O3/c1-2-3-4-7-18-29(19-8-5-6-9-20-31)26-15-12-23(13-16-26)10-11-24-14-17-27(30(32)33)25(21-24)22-28/h10-17,21,31H,2-9,18-20H2,1H3. The van der Waals surface area contributed by atoms with Crippen molar-refractivity contribution in [3.8, 4) is 6.07 Å². The van der Waals surface area contributed by atoms with E-state index in [9.17, 15) is 10.1 Å². The average molecular weight is 450 g/mol. The van der Waals surface area contributed by atoms with Crippen molar-refractivity contribution in [3.05, 3.63) is 69.3 Å². The second-order valence-electron chi connectivity index (χ2n) is 8.26. The Bertz CT molecular complexity index is 933. The molecule has 0 saturated heterocycles. The number of hydrogen-bond donors (Lipinski definition) is 1. The lowest BCUT2D eigenvalue weighted by molar-refractivity contribution is -0.385. The smallest absolute Gasteiger partial charge is 0.287 e. The van der Waals surface area contributed by atoms with Crippen LogP contribution in [0.4, 0.5) is 11.4 Å². The second kappa shape index (κ2) is 14.8. The fraction of sp³-hybridized carbons (Fsp3) is 0.444.